The summed E-state index contributed by atoms with van der Waals surface area (Å²) in [6.45, 7) is 8.02. The number of likely N-dealkylation sites (tertiary alicyclic amines) is 1. The Balaban J connectivity index is 1.54. The molecule has 0 N–H and O–H groups in total. The van der Waals surface area contributed by atoms with Gasteiger partial charge in [0.1, 0.15) is 11.5 Å². The number of para-hydroxylation sites is 1. The molecule has 0 radical (unpaired) electrons. The van der Waals surface area contributed by atoms with E-state index >= 15 is 0 Å². The monoisotopic (exact) mass is 575 g/mol. The third-order valence-corrected chi connectivity index (χ3v) is 7.97. The van der Waals surface area contributed by atoms with Crippen molar-refractivity contribution < 1.29 is 28.6 Å². The standard InChI is InChI=1S/C33H37NO6S/c1-6-38-31(36)33(3,4)40-29-17-12-23(18-22(29)2)19-25-20-34(32(37)39-26-10-8-7-9-11-26)21-28(25)30(35)24-13-15-27(41-5)16-14-24/h7-18,25,28H,6,19-21H2,1-5H3. The molecule has 1 aliphatic rings. The van der Waals surface area contributed by atoms with E-state index in [1.807, 2.05) is 73.8 Å². The topological polar surface area (TPSA) is 82.1 Å². The van der Waals surface area contributed by atoms with Gasteiger partial charge in [-0.15, -0.1) is 11.8 Å². The van der Waals surface area contributed by atoms with Crippen LogP contribution < -0.4 is 9.47 Å². The summed E-state index contributed by atoms with van der Waals surface area (Å²) in [5.41, 5.74) is 1.39. The Morgan fingerprint density at radius 3 is 2.32 bits per heavy atom. The smallest absolute Gasteiger partial charge is 0.415 e. The number of Topliss-reactive ketones (excluding diaryl/α,β-unsaturated/α-hetero) is 1. The molecular weight excluding hydrogens is 538 g/mol. The predicted molar refractivity (Wildman–Crippen MR) is 160 cm³/mol. The van der Waals surface area contributed by atoms with Crippen molar-refractivity contribution in [2.24, 2.45) is 11.8 Å². The maximum absolute atomic E-state index is 13.7. The molecule has 3 aromatic rings. The van der Waals surface area contributed by atoms with Crippen LogP contribution >= 0.6 is 11.8 Å². The van der Waals surface area contributed by atoms with Crippen LogP contribution in [0.4, 0.5) is 4.79 Å². The van der Waals surface area contributed by atoms with Gasteiger partial charge < -0.3 is 19.1 Å². The van der Waals surface area contributed by atoms with E-state index in [1.165, 1.54) is 0 Å². The molecule has 0 spiro atoms. The molecule has 216 valence electrons. The summed E-state index contributed by atoms with van der Waals surface area (Å²) in [6.07, 6.45) is 2.13. The molecule has 1 aliphatic heterocycles. The predicted octanol–water partition coefficient (Wildman–Crippen LogP) is 6.61. The number of amides is 1. The maximum Gasteiger partial charge on any atom is 0.415 e. The normalized spacial score (nSPS) is 16.8. The van der Waals surface area contributed by atoms with Crippen molar-refractivity contribution >= 4 is 29.6 Å². The zero-order valence-electron chi connectivity index (χ0n) is 24.2. The van der Waals surface area contributed by atoms with E-state index in [0.29, 0.717) is 30.0 Å². The number of carbonyl (C=O) groups is 3. The van der Waals surface area contributed by atoms with E-state index in [9.17, 15) is 14.4 Å². The van der Waals surface area contributed by atoms with Crippen LogP contribution in [-0.2, 0) is 16.0 Å². The number of carbonyl (C=O) groups excluding carboxylic acids is 3. The number of nitrogens with zero attached hydrogens (tertiary/aromatic N) is 1. The number of hydrogen-bond donors (Lipinski definition) is 0. The van der Waals surface area contributed by atoms with E-state index in [2.05, 4.69) is 0 Å². The van der Waals surface area contributed by atoms with E-state index in [4.69, 9.17) is 14.2 Å². The van der Waals surface area contributed by atoms with E-state index in [0.717, 1.165) is 16.0 Å². The van der Waals surface area contributed by atoms with Crippen molar-refractivity contribution in [3.05, 3.63) is 89.5 Å². The van der Waals surface area contributed by atoms with Crippen molar-refractivity contribution in [1.82, 2.24) is 4.90 Å². The summed E-state index contributed by atoms with van der Waals surface area (Å²) in [5, 5.41) is 0. The largest absolute Gasteiger partial charge is 0.476 e. The highest BCUT2D eigenvalue weighted by Crippen LogP contribution is 2.33. The fourth-order valence-electron chi connectivity index (χ4n) is 5.02. The molecule has 1 amide bonds. The van der Waals surface area contributed by atoms with Crippen molar-refractivity contribution in [1.29, 1.82) is 0 Å². The molecule has 3 aromatic carbocycles. The SMILES string of the molecule is CCOC(=O)C(C)(C)Oc1ccc(CC2CN(C(=O)Oc3ccccc3)CC2C(=O)c2ccc(SC)cc2)cc1C. The fourth-order valence-corrected chi connectivity index (χ4v) is 5.43. The highest BCUT2D eigenvalue weighted by molar-refractivity contribution is 7.98. The summed E-state index contributed by atoms with van der Waals surface area (Å²) >= 11 is 1.62. The Morgan fingerprint density at radius 1 is 0.976 bits per heavy atom. The van der Waals surface area contributed by atoms with Gasteiger partial charge in [0, 0.05) is 29.5 Å². The summed E-state index contributed by atoms with van der Waals surface area (Å²) < 4.78 is 16.8. The molecule has 4 rings (SSSR count). The zero-order valence-corrected chi connectivity index (χ0v) is 25.0. The quantitative estimate of drug-likeness (QED) is 0.153. The molecule has 0 saturated carbocycles. The average molecular weight is 576 g/mol. The molecule has 7 nitrogen and oxygen atoms in total. The lowest BCUT2D eigenvalue weighted by Gasteiger charge is -2.25. The van der Waals surface area contributed by atoms with Gasteiger partial charge in [-0.1, -0.05) is 42.5 Å². The Morgan fingerprint density at radius 2 is 1.68 bits per heavy atom. The maximum atomic E-state index is 13.7. The third kappa shape index (κ3) is 7.50. The van der Waals surface area contributed by atoms with Gasteiger partial charge in [0.05, 0.1) is 6.61 Å². The molecule has 1 heterocycles. The van der Waals surface area contributed by atoms with Crippen LogP contribution in [0.3, 0.4) is 0 Å². The average Bonchev–Trinajstić information content (AvgIpc) is 3.38. The fraction of sp³-hybridized carbons (Fsp3) is 0.364. The van der Waals surface area contributed by atoms with Gasteiger partial charge in [0.15, 0.2) is 11.4 Å². The van der Waals surface area contributed by atoms with E-state index in [1.54, 1.807) is 49.6 Å². The van der Waals surface area contributed by atoms with Crippen molar-refractivity contribution in [2.45, 2.75) is 44.6 Å². The number of hydrogen-bond acceptors (Lipinski definition) is 7. The van der Waals surface area contributed by atoms with Gasteiger partial charge in [-0.25, -0.2) is 9.59 Å². The van der Waals surface area contributed by atoms with Gasteiger partial charge in [-0.05, 0) is 87.7 Å². The molecule has 0 bridgehead atoms. The summed E-state index contributed by atoms with van der Waals surface area (Å²) in [7, 11) is 0. The first-order valence-corrected chi connectivity index (χ1v) is 15.0. The van der Waals surface area contributed by atoms with Gasteiger partial charge in [-0.2, -0.15) is 0 Å². The minimum absolute atomic E-state index is 0.0190. The molecule has 1 saturated heterocycles. The molecular formula is C33H37NO6S. The molecule has 2 unspecified atom stereocenters. The zero-order chi connectivity index (χ0) is 29.6. The van der Waals surface area contributed by atoms with Crippen LogP contribution in [0.1, 0.15) is 42.3 Å². The van der Waals surface area contributed by atoms with Crippen LogP contribution in [0.25, 0.3) is 0 Å². The van der Waals surface area contributed by atoms with Gasteiger partial charge >= 0.3 is 12.1 Å². The lowest BCUT2D eigenvalue weighted by molar-refractivity contribution is -0.158. The Labute approximate surface area is 246 Å². The number of esters is 1. The first kappa shape index (κ1) is 30.2. The molecule has 1 fully saturated rings. The van der Waals surface area contributed by atoms with Crippen LogP contribution in [0, 0.1) is 18.8 Å². The Kier molecular flexibility index (Phi) is 9.76. The lowest BCUT2D eigenvalue weighted by Crippen LogP contribution is -2.39. The number of ether oxygens (including phenoxy) is 3. The first-order valence-electron chi connectivity index (χ1n) is 13.8. The minimum Gasteiger partial charge on any atom is -0.476 e. The number of benzene rings is 3. The second-order valence-electron chi connectivity index (χ2n) is 10.7. The van der Waals surface area contributed by atoms with E-state index in [-0.39, 0.29) is 30.8 Å². The minimum atomic E-state index is -1.13. The highest BCUT2D eigenvalue weighted by Gasteiger charge is 2.40. The Hall–Kier alpha value is -3.78. The lowest BCUT2D eigenvalue weighted by atomic mass is 9.84. The Bertz CT molecular complexity index is 1370. The van der Waals surface area contributed by atoms with Crippen LogP contribution in [0.2, 0.25) is 0 Å². The second-order valence-corrected chi connectivity index (χ2v) is 11.6. The highest BCUT2D eigenvalue weighted by atomic mass is 32.2. The number of ketones is 1. The van der Waals surface area contributed by atoms with Crippen molar-refractivity contribution in [2.75, 3.05) is 26.0 Å². The number of thioether (sulfide) groups is 1. The van der Waals surface area contributed by atoms with Gasteiger partial charge in [0.2, 0.25) is 0 Å². The number of aryl methyl sites for hydroxylation is 1. The second kappa shape index (κ2) is 13.3. The van der Waals surface area contributed by atoms with Gasteiger partial charge in [0.25, 0.3) is 0 Å². The van der Waals surface area contributed by atoms with Crippen molar-refractivity contribution in [3.8, 4) is 11.5 Å². The molecule has 0 aromatic heterocycles. The van der Waals surface area contributed by atoms with E-state index < -0.39 is 17.7 Å². The third-order valence-electron chi connectivity index (χ3n) is 7.23. The van der Waals surface area contributed by atoms with Crippen molar-refractivity contribution in [3.63, 3.8) is 0 Å². The first-order chi connectivity index (χ1) is 19.6. The molecule has 8 heteroatoms. The summed E-state index contributed by atoms with van der Waals surface area (Å²) in [6, 6.07) is 22.4. The summed E-state index contributed by atoms with van der Waals surface area (Å²) in [5.74, 6) is 0.168. The van der Waals surface area contributed by atoms with Crippen LogP contribution in [0.15, 0.2) is 77.7 Å². The number of rotatable bonds is 10. The summed E-state index contributed by atoms with van der Waals surface area (Å²) in [4.78, 5) is 41.8. The molecule has 41 heavy (non-hydrogen) atoms. The van der Waals surface area contributed by atoms with Crippen LogP contribution in [-0.4, -0.2) is 54.3 Å². The van der Waals surface area contributed by atoms with Crippen LogP contribution in [0.5, 0.6) is 11.5 Å². The molecule has 2 atom stereocenters. The molecule has 0 aliphatic carbocycles. The van der Waals surface area contributed by atoms with Gasteiger partial charge in [-0.3, -0.25) is 4.79 Å².